The van der Waals surface area contributed by atoms with Crippen molar-refractivity contribution in [2.24, 2.45) is 0 Å². The molecule has 0 aliphatic rings. The summed E-state index contributed by atoms with van der Waals surface area (Å²) in [6.45, 7) is 4.14. The van der Waals surface area contributed by atoms with Gasteiger partial charge in [0.2, 0.25) is 0 Å². The number of benzene rings is 6. The smallest absolute Gasteiger partial charge is 0.131 e. The second-order valence-corrected chi connectivity index (χ2v) is 13.9. The van der Waals surface area contributed by atoms with Crippen molar-refractivity contribution in [1.82, 2.24) is 0 Å². The molecule has 0 saturated heterocycles. The molecule has 0 radical (unpaired) electrons. The highest BCUT2D eigenvalue weighted by molar-refractivity contribution is 7.25. The summed E-state index contributed by atoms with van der Waals surface area (Å²) in [5, 5.41) is 3.72. The minimum absolute atomic E-state index is 0.340. The summed E-state index contributed by atoms with van der Waals surface area (Å²) in [4.78, 5) is 1.25. The molecule has 2 heterocycles. The average Bonchev–Trinajstić information content (AvgIpc) is 3.60. The lowest BCUT2D eigenvalue weighted by molar-refractivity contribution is 0.627. The molecular formula is C42H28F2S2. The molecule has 0 saturated carbocycles. The SMILES string of the molecule is C/C=C\c1c(C)sc2cc(-c3cc(F)cc(-c4ccc(-c5cccc(-c6ccc7c(c6)sc6ccccc67)c5)c(F)c4)c3)ccc12. The van der Waals surface area contributed by atoms with Crippen molar-refractivity contribution in [2.75, 3.05) is 0 Å². The predicted octanol–water partition coefficient (Wildman–Crippen LogP) is 13.6. The summed E-state index contributed by atoms with van der Waals surface area (Å²) in [7, 11) is 0. The molecule has 6 aromatic carbocycles. The van der Waals surface area contributed by atoms with Gasteiger partial charge in [0.1, 0.15) is 11.6 Å². The largest absolute Gasteiger partial charge is 0.207 e. The Labute approximate surface area is 274 Å². The maximum atomic E-state index is 15.8. The Morgan fingerprint density at radius 2 is 1.11 bits per heavy atom. The van der Waals surface area contributed by atoms with Crippen LogP contribution in [0.2, 0.25) is 0 Å². The fourth-order valence-electron chi connectivity index (χ4n) is 6.42. The highest BCUT2D eigenvalue weighted by Gasteiger charge is 2.13. The zero-order valence-corrected chi connectivity index (χ0v) is 26.9. The summed E-state index contributed by atoms with van der Waals surface area (Å²) >= 11 is 3.53. The Morgan fingerprint density at radius 1 is 0.500 bits per heavy atom. The number of thiophene rings is 2. The van der Waals surface area contributed by atoms with E-state index in [1.54, 1.807) is 34.8 Å². The fraction of sp³-hybridized carbons (Fsp3) is 0.0476. The Kier molecular flexibility index (Phi) is 7.12. The number of fused-ring (bicyclic) bond motifs is 4. The van der Waals surface area contributed by atoms with Gasteiger partial charge >= 0.3 is 0 Å². The third-order valence-corrected chi connectivity index (χ3v) is 10.9. The summed E-state index contributed by atoms with van der Waals surface area (Å²) in [5.74, 6) is -0.690. The lowest BCUT2D eigenvalue weighted by Gasteiger charge is -2.11. The van der Waals surface area contributed by atoms with Crippen molar-refractivity contribution in [3.8, 4) is 44.5 Å². The molecule has 0 atom stereocenters. The first-order valence-corrected chi connectivity index (χ1v) is 16.9. The predicted molar refractivity (Wildman–Crippen MR) is 196 cm³/mol. The van der Waals surface area contributed by atoms with Gasteiger partial charge in [0.15, 0.2) is 0 Å². The Morgan fingerprint density at radius 3 is 1.89 bits per heavy atom. The molecule has 0 N–H and O–H groups in total. The van der Waals surface area contributed by atoms with Gasteiger partial charge in [0, 0.05) is 35.3 Å². The lowest BCUT2D eigenvalue weighted by Crippen LogP contribution is -1.89. The highest BCUT2D eigenvalue weighted by atomic mass is 32.1. The summed E-state index contributed by atoms with van der Waals surface area (Å²) in [5.41, 5.74) is 7.65. The van der Waals surface area contributed by atoms with Crippen LogP contribution in [0.5, 0.6) is 0 Å². The van der Waals surface area contributed by atoms with Crippen molar-refractivity contribution < 1.29 is 8.78 Å². The molecular weight excluding hydrogens is 607 g/mol. The molecule has 0 amide bonds. The van der Waals surface area contributed by atoms with E-state index in [0.717, 1.165) is 32.5 Å². The normalized spacial score (nSPS) is 11.8. The van der Waals surface area contributed by atoms with Crippen molar-refractivity contribution in [2.45, 2.75) is 13.8 Å². The summed E-state index contributed by atoms with van der Waals surface area (Å²) in [6, 6.07) is 39.4. The first kappa shape index (κ1) is 28.6. The number of aryl methyl sites for hydroxylation is 1. The number of allylic oxidation sites excluding steroid dienone is 1. The Balaban J connectivity index is 1.12. The van der Waals surface area contributed by atoms with Gasteiger partial charge in [-0.1, -0.05) is 84.9 Å². The van der Waals surface area contributed by atoms with E-state index >= 15 is 4.39 Å². The maximum Gasteiger partial charge on any atom is 0.131 e. The Hall–Kier alpha value is -4.90. The molecule has 8 aromatic rings. The van der Waals surface area contributed by atoms with Crippen LogP contribution in [0.1, 0.15) is 17.4 Å². The quantitative estimate of drug-likeness (QED) is 0.177. The molecule has 0 aliphatic heterocycles. The third-order valence-electron chi connectivity index (χ3n) is 8.67. The van der Waals surface area contributed by atoms with E-state index in [2.05, 4.69) is 79.7 Å². The zero-order chi connectivity index (χ0) is 31.4. The van der Waals surface area contributed by atoms with Gasteiger partial charge in [-0.15, -0.1) is 22.7 Å². The molecule has 8 rings (SSSR count). The fourth-order valence-corrected chi connectivity index (χ4v) is 8.65. The molecule has 4 heteroatoms. The van der Waals surface area contributed by atoms with Crippen molar-refractivity contribution in [3.63, 3.8) is 0 Å². The monoisotopic (exact) mass is 634 g/mol. The van der Waals surface area contributed by atoms with Crippen LogP contribution in [-0.2, 0) is 0 Å². The second kappa shape index (κ2) is 11.5. The van der Waals surface area contributed by atoms with Gasteiger partial charge in [-0.25, -0.2) is 8.78 Å². The zero-order valence-electron chi connectivity index (χ0n) is 25.3. The molecule has 0 fully saturated rings. The molecule has 46 heavy (non-hydrogen) atoms. The number of hydrogen-bond acceptors (Lipinski definition) is 2. The van der Waals surface area contributed by atoms with Gasteiger partial charge < -0.3 is 0 Å². The van der Waals surface area contributed by atoms with E-state index in [0.29, 0.717) is 16.7 Å². The van der Waals surface area contributed by atoms with Crippen LogP contribution < -0.4 is 0 Å². The second-order valence-electron chi connectivity index (χ2n) is 11.6. The van der Waals surface area contributed by atoms with E-state index in [1.165, 1.54) is 48.1 Å². The minimum Gasteiger partial charge on any atom is -0.207 e. The first-order valence-electron chi connectivity index (χ1n) is 15.2. The van der Waals surface area contributed by atoms with Crippen LogP contribution in [0.3, 0.4) is 0 Å². The molecule has 222 valence electrons. The number of halogens is 2. The van der Waals surface area contributed by atoms with Gasteiger partial charge in [-0.05, 0) is 112 Å². The molecule has 0 bridgehead atoms. The van der Waals surface area contributed by atoms with Crippen LogP contribution in [0.4, 0.5) is 8.78 Å². The van der Waals surface area contributed by atoms with E-state index < -0.39 is 0 Å². The van der Waals surface area contributed by atoms with Crippen LogP contribution in [0, 0.1) is 18.6 Å². The van der Waals surface area contributed by atoms with Crippen molar-refractivity contribution in [3.05, 3.63) is 149 Å². The van der Waals surface area contributed by atoms with E-state index in [9.17, 15) is 4.39 Å². The topological polar surface area (TPSA) is 0 Å². The lowest BCUT2D eigenvalue weighted by atomic mass is 9.95. The van der Waals surface area contributed by atoms with Gasteiger partial charge in [0.05, 0.1) is 0 Å². The molecule has 2 aromatic heterocycles. The minimum atomic E-state index is -0.350. The van der Waals surface area contributed by atoms with Gasteiger partial charge in [-0.2, -0.15) is 0 Å². The molecule has 0 spiro atoms. The van der Waals surface area contributed by atoms with Crippen LogP contribution in [0.25, 0.3) is 80.8 Å². The van der Waals surface area contributed by atoms with E-state index in [4.69, 9.17) is 0 Å². The van der Waals surface area contributed by atoms with Crippen LogP contribution >= 0.6 is 22.7 Å². The third kappa shape index (κ3) is 5.04. The number of rotatable bonds is 5. The van der Waals surface area contributed by atoms with Crippen LogP contribution in [-0.4, -0.2) is 0 Å². The van der Waals surface area contributed by atoms with Crippen molar-refractivity contribution >= 4 is 59.0 Å². The van der Waals surface area contributed by atoms with Gasteiger partial charge in [0.25, 0.3) is 0 Å². The summed E-state index contributed by atoms with van der Waals surface area (Å²) in [6.07, 6.45) is 4.18. The van der Waals surface area contributed by atoms with Gasteiger partial charge in [-0.3, -0.25) is 0 Å². The standard InChI is InChI=1S/C42H28F2S2/c1-3-7-34-25(2)45-41-24-29(14-16-37(34)41)32-19-31(20-33(43)21-32)27-12-15-35(39(44)22-27)30-9-6-8-26(18-30)28-13-17-38-36-10-4-5-11-40(36)46-42(38)23-28/h3-24H,1-2H3/b7-3-. The Bertz CT molecular complexity index is 2480. The molecule has 0 unspecified atom stereocenters. The molecule has 0 aliphatic carbocycles. The average molecular weight is 635 g/mol. The van der Waals surface area contributed by atoms with E-state index in [1.807, 2.05) is 43.3 Å². The summed E-state index contributed by atoms with van der Waals surface area (Å²) < 4.78 is 34.4. The van der Waals surface area contributed by atoms with Crippen LogP contribution in [0.15, 0.2) is 127 Å². The van der Waals surface area contributed by atoms with E-state index in [-0.39, 0.29) is 11.6 Å². The maximum absolute atomic E-state index is 15.8. The number of hydrogen-bond donors (Lipinski definition) is 0. The first-order chi connectivity index (χ1) is 22.4. The highest BCUT2D eigenvalue weighted by Crippen LogP contribution is 2.39. The van der Waals surface area contributed by atoms with Crippen molar-refractivity contribution in [1.29, 1.82) is 0 Å². The molecule has 0 nitrogen and oxygen atoms in total.